The molecule has 0 aromatic heterocycles. The molecule has 0 bridgehead atoms. The van der Waals surface area contributed by atoms with E-state index in [2.05, 4.69) is 10.2 Å². The Hall–Kier alpha value is -3.48. The van der Waals surface area contributed by atoms with Crippen LogP contribution in [0.2, 0.25) is 0 Å². The number of piperidine rings is 1. The number of nitrogens with zero attached hydrogens (tertiary/aromatic N) is 2. The number of barbiturate groups is 1. The highest BCUT2D eigenvalue weighted by molar-refractivity contribution is 6.39. The zero-order valence-electron chi connectivity index (χ0n) is 16.7. The van der Waals surface area contributed by atoms with Crippen molar-refractivity contribution in [3.8, 4) is 0 Å². The number of benzene rings is 2. The average molecular weight is 407 g/mol. The number of halogens is 1. The van der Waals surface area contributed by atoms with Gasteiger partial charge in [-0.3, -0.25) is 14.9 Å². The zero-order chi connectivity index (χ0) is 21.3. The standard InChI is InChI=1S/C23H22FN3O3/c1-15-13-19(26-11-3-2-4-12-26)8-5-16(15)14-20-21(28)25-23(30)27(22(20)29)18-9-6-17(24)7-10-18/h5-10,13-14H,2-4,11-12H2,1H3,(H,25,28,30)/b20-14+. The Morgan fingerprint density at radius 1 is 0.933 bits per heavy atom. The summed E-state index contributed by atoms with van der Waals surface area (Å²) in [7, 11) is 0. The number of hydrogen-bond acceptors (Lipinski definition) is 4. The number of imide groups is 2. The second kappa shape index (κ2) is 8.10. The van der Waals surface area contributed by atoms with Gasteiger partial charge < -0.3 is 4.90 Å². The zero-order valence-corrected chi connectivity index (χ0v) is 16.7. The van der Waals surface area contributed by atoms with Crippen LogP contribution in [0, 0.1) is 12.7 Å². The van der Waals surface area contributed by atoms with Gasteiger partial charge in [-0.05, 0) is 79.8 Å². The van der Waals surface area contributed by atoms with Gasteiger partial charge in [0.15, 0.2) is 0 Å². The molecule has 7 heteroatoms. The normalized spacial score (nSPS) is 18.7. The molecule has 6 nitrogen and oxygen atoms in total. The maximum atomic E-state index is 13.2. The lowest BCUT2D eigenvalue weighted by Crippen LogP contribution is -2.54. The monoisotopic (exact) mass is 407 g/mol. The average Bonchev–Trinajstić information content (AvgIpc) is 2.74. The molecule has 0 aliphatic carbocycles. The summed E-state index contributed by atoms with van der Waals surface area (Å²) < 4.78 is 13.2. The predicted octanol–water partition coefficient (Wildman–Crippen LogP) is 3.79. The fraction of sp³-hybridized carbons (Fsp3) is 0.261. The van der Waals surface area contributed by atoms with Crippen LogP contribution in [0.25, 0.3) is 6.08 Å². The van der Waals surface area contributed by atoms with Gasteiger partial charge in [-0.2, -0.15) is 0 Å². The Kier molecular flexibility index (Phi) is 5.35. The number of carbonyl (C=O) groups is 3. The van der Waals surface area contributed by atoms with Crippen LogP contribution in [-0.4, -0.2) is 30.9 Å². The van der Waals surface area contributed by atoms with Crippen LogP contribution in [0.4, 0.5) is 20.6 Å². The van der Waals surface area contributed by atoms with Gasteiger partial charge >= 0.3 is 6.03 Å². The molecule has 2 aromatic carbocycles. The van der Waals surface area contributed by atoms with E-state index in [-0.39, 0.29) is 11.3 Å². The van der Waals surface area contributed by atoms with Crippen LogP contribution in [0.1, 0.15) is 30.4 Å². The highest BCUT2D eigenvalue weighted by Gasteiger charge is 2.36. The van der Waals surface area contributed by atoms with Crippen molar-refractivity contribution < 1.29 is 18.8 Å². The van der Waals surface area contributed by atoms with Gasteiger partial charge in [0.2, 0.25) is 0 Å². The van der Waals surface area contributed by atoms with E-state index in [0.717, 1.165) is 46.9 Å². The third-order valence-electron chi connectivity index (χ3n) is 5.46. The predicted molar refractivity (Wildman–Crippen MR) is 113 cm³/mol. The molecule has 4 amide bonds. The van der Waals surface area contributed by atoms with E-state index in [1.54, 1.807) is 0 Å². The minimum absolute atomic E-state index is 0.146. The van der Waals surface area contributed by atoms with Crippen LogP contribution in [0.3, 0.4) is 0 Å². The van der Waals surface area contributed by atoms with E-state index in [9.17, 15) is 18.8 Å². The van der Waals surface area contributed by atoms with Crippen LogP contribution in [0.15, 0.2) is 48.0 Å². The highest BCUT2D eigenvalue weighted by atomic mass is 19.1. The summed E-state index contributed by atoms with van der Waals surface area (Å²) in [6.45, 7) is 3.97. The van der Waals surface area contributed by atoms with E-state index in [1.165, 1.54) is 37.5 Å². The number of urea groups is 1. The third-order valence-corrected chi connectivity index (χ3v) is 5.46. The van der Waals surface area contributed by atoms with Crippen molar-refractivity contribution in [1.82, 2.24) is 5.32 Å². The van der Waals surface area contributed by atoms with Gasteiger partial charge in [-0.15, -0.1) is 0 Å². The molecule has 0 radical (unpaired) electrons. The minimum atomic E-state index is -0.856. The lowest BCUT2D eigenvalue weighted by Gasteiger charge is -2.29. The second-order valence-electron chi connectivity index (χ2n) is 7.52. The second-order valence-corrected chi connectivity index (χ2v) is 7.52. The van der Waals surface area contributed by atoms with Crippen LogP contribution < -0.4 is 15.1 Å². The molecule has 154 valence electrons. The summed E-state index contributed by atoms with van der Waals surface area (Å²) in [5.41, 5.74) is 2.82. The summed E-state index contributed by atoms with van der Waals surface area (Å²) in [6, 6.07) is 10.00. The Morgan fingerprint density at radius 3 is 2.27 bits per heavy atom. The van der Waals surface area contributed by atoms with Crippen molar-refractivity contribution in [2.75, 3.05) is 22.9 Å². The molecule has 2 saturated heterocycles. The minimum Gasteiger partial charge on any atom is -0.372 e. The molecule has 2 aliphatic heterocycles. The van der Waals surface area contributed by atoms with E-state index < -0.39 is 23.7 Å². The van der Waals surface area contributed by atoms with Crippen molar-refractivity contribution in [3.05, 3.63) is 65.0 Å². The third kappa shape index (κ3) is 3.83. The quantitative estimate of drug-likeness (QED) is 0.621. The van der Waals surface area contributed by atoms with Crippen molar-refractivity contribution in [3.63, 3.8) is 0 Å². The molecule has 0 saturated carbocycles. The SMILES string of the molecule is Cc1cc(N2CCCCC2)ccc1/C=C1\C(=O)NC(=O)N(c2ccc(F)cc2)C1=O. The Balaban J connectivity index is 1.64. The maximum absolute atomic E-state index is 13.2. The van der Waals surface area contributed by atoms with E-state index in [4.69, 9.17) is 0 Å². The fourth-order valence-electron chi connectivity index (χ4n) is 3.81. The molecule has 0 unspecified atom stereocenters. The Morgan fingerprint density at radius 2 is 1.60 bits per heavy atom. The molecule has 1 N–H and O–H groups in total. The van der Waals surface area contributed by atoms with Crippen LogP contribution >= 0.6 is 0 Å². The van der Waals surface area contributed by atoms with Gasteiger partial charge in [-0.25, -0.2) is 14.1 Å². The summed E-state index contributed by atoms with van der Waals surface area (Å²) in [5, 5.41) is 2.18. The molecule has 30 heavy (non-hydrogen) atoms. The highest BCUT2D eigenvalue weighted by Crippen LogP contribution is 2.26. The molecule has 2 fully saturated rings. The molecule has 4 rings (SSSR count). The molecule has 0 spiro atoms. The maximum Gasteiger partial charge on any atom is 0.335 e. The lowest BCUT2D eigenvalue weighted by atomic mass is 10.0. The lowest BCUT2D eigenvalue weighted by molar-refractivity contribution is -0.122. The van der Waals surface area contributed by atoms with Crippen molar-refractivity contribution in [2.24, 2.45) is 0 Å². The van der Waals surface area contributed by atoms with Crippen molar-refractivity contribution in [1.29, 1.82) is 0 Å². The topological polar surface area (TPSA) is 69.7 Å². The fourth-order valence-corrected chi connectivity index (χ4v) is 3.81. The Labute approximate surface area is 174 Å². The van der Waals surface area contributed by atoms with E-state index in [1.807, 2.05) is 25.1 Å². The number of hydrogen-bond donors (Lipinski definition) is 1. The van der Waals surface area contributed by atoms with Gasteiger partial charge in [0.25, 0.3) is 11.8 Å². The number of aryl methyl sites for hydroxylation is 1. The molecule has 2 aliphatic rings. The first-order chi connectivity index (χ1) is 14.4. The van der Waals surface area contributed by atoms with Crippen LogP contribution in [-0.2, 0) is 9.59 Å². The van der Waals surface area contributed by atoms with Gasteiger partial charge in [0.1, 0.15) is 11.4 Å². The molecular weight excluding hydrogens is 385 g/mol. The first-order valence-corrected chi connectivity index (χ1v) is 9.96. The van der Waals surface area contributed by atoms with Crippen molar-refractivity contribution in [2.45, 2.75) is 26.2 Å². The molecular formula is C23H22FN3O3. The van der Waals surface area contributed by atoms with E-state index >= 15 is 0 Å². The molecule has 2 heterocycles. The number of anilines is 2. The summed E-state index contributed by atoms with van der Waals surface area (Å²) in [4.78, 5) is 40.7. The van der Waals surface area contributed by atoms with E-state index in [0.29, 0.717) is 0 Å². The first kappa shape index (κ1) is 19.8. The summed E-state index contributed by atoms with van der Waals surface area (Å²) in [5.74, 6) is -1.97. The Bertz CT molecular complexity index is 1040. The van der Waals surface area contributed by atoms with Crippen molar-refractivity contribution >= 4 is 35.3 Å². The number of carbonyl (C=O) groups excluding carboxylic acids is 3. The van der Waals surface area contributed by atoms with Gasteiger partial charge in [0.05, 0.1) is 5.69 Å². The molecule has 2 aromatic rings. The number of nitrogens with one attached hydrogen (secondary N) is 1. The van der Waals surface area contributed by atoms with Gasteiger partial charge in [-0.1, -0.05) is 6.07 Å². The smallest absolute Gasteiger partial charge is 0.335 e. The van der Waals surface area contributed by atoms with Gasteiger partial charge in [0, 0.05) is 18.8 Å². The summed E-state index contributed by atoms with van der Waals surface area (Å²) in [6.07, 6.45) is 5.09. The number of amides is 4. The van der Waals surface area contributed by atoms with Crippen LogP contribution in [0.5, 0.6) is 0 Å². The number of rotatable bonds is 3. The first-order valence-electron chi connectivity index (χ1n) is 9.96. The molecule has 0 atom stereocenters. The summed E-state index contributed by atoms with van der Waals surface area (Å²) >= 11 is 0. The largest absolute Gasteiger partial charge is 0.372 e.